The average Bonchev–Trinajstić information content (AvgIpc) is 3.10. The van der Waals surface area contributed by atoms with Crippen LogP contribution in [0.25, 0.3) is 11.3 Å². The van der Waals surface area contributed by atoms with Crippen LogP contribution in [0.15, 0.2) is 41.2 Å². The van der Waals surface area contributed by atoms with E-state index in [-0.39, 0.29) is 11.5 Å². The van der Waals surface area contributed by atoms with E-state index in [1.54, 1.807) is 12.1 Å². The van der Waals surface area contributed by atoms with Crippen molar-refractivity contribution in [2.24, 2.45) is 0 Å². The van der Waals surface area contributed by atoms with Crippen molar-refractivity contribution in [2.75, 3.05) is 0 Å². The number of hydrogen-bond donors (Lipinski definition) is 1. The average molecular weight is 339 g/mol. The zero-order chi connectivity index (χ0) is 17.6. The maximum atomic E-state index is 12.0. The lowest BCUT2D eigenvalue weighted by Gasteiger charge is -2.12. The topological polar surface area (TPSA) is 64.0 Å². The maximum absolute atomic E-state index is 12.0. The van der Waals surface area contributed by atoms with Crippen LogP contribution in [0.4, 0.5) is 0 Å². The summed E-state index contributed by atoms with van der Waals surface area (Å²) in [6.45, 7) is 2.49. The highest BCUT2D eigenvalue weighted by molar-refractivity contribution is 5.76. The van der Waals surface area contributed by atoms with Crippen molar-refractivity contribution in [2.45, 2.75) is 58.0 Å². The van der Waals surface area contributed by atoms with Gasteiger partial charge in [0.05, 0.1) is 5.69 Å². The van der Waals surface area contributed by atoms with Crippen molar-refractivity contribution in [3.05, 3.63) is 52.3 Å². The van der Waals surface area contributed by atoms with Crippen molar-refractivity contribution in [1.82, 2.24) is 15.1 Å². The summed E-state index contributed by atoms with van der Waals surface area (Å²) in [6.07, 6.45) is 5.63. The van der Waals surface area contributed by atoms with Gasteiger partial charge in [0.15, 0.2) is 0 Å². The Morgan fingerprint density at radius 3 is 2.60 bits per heavy atom. The molecule has 132 valence electrons. The van der Waals surface area contributed by atoms with Gasteiger partial charge in [-0.1, -0.05) is 42.7 Å². The third-order valence-electron chi connectivity index (χ3n) is 4.71. The molecular weight excluding hydrogens is 314 g/mol. The summed E-state index contributed by atoms with van der Waals surface area (Å²) in [7, 11) is 0. The zero-order valence-corrected chi connectivity index (χ0v) is 14.7. The number of aryl methyl sites for hydroxylation is 2. The van der Waals surface area contributed by atoms with Gasteiger partial charge >= 0.3 is 0 Å². The second-order valence-corrected chi connectivity index (χ2v) is 6.80. The van der Waals surface area contributed by atoms with Gasteiger partial charge in [-0.05, 0) is 32.3 Å². The number of carbonyl (C=O) groups excluding carboxylic acids is 1. The molecule has 5 heteroatoms. The highest BCUT2D eigenvalue weighted by Crippen LogP contribution is 2.18. The number of amides is 1. The first-order valence-electron chi connectivity index (χ1n) is 9.06. The van der Waals surface area contributed by atoms with E-state index in [0.717, 1.165) is 24.1 Å². The minimum Gasteiger partial charge on any atom is -0.353 e. The first-order valence-corrected chi connectivity index (χ1v) is 9.06. The lowest BCUT2D eigenvalue weighted by atomic mass is 10.1. The Balaban J connectivity index is 1.58. The molecule has 5 nitrogen and oxygen atoms in total. The SMILES string of the molecule is Cc1ccc(-c2ccc(=O)n(CCCC(=O)NC3CCCC3)n2)cc1. The summed E-state index contributed by atoms with van der Waals surface area (Å²) < 4.78 is 1.46. The van der Waals surface area contributed by atoms with Crippen LogP contribution in [0.2, 0.25) is 0 Å². The van der Waals surface area contributed by atoms with Crippen LogP contribution in [-0.4, -0.2) is 21.7 Å². The van der Waals surface area contributed by atoms with Crippen LogP contribution < -0.4 is 10.9 Å². The molecule has 1 aromatic carbocycles. The van der Waals surface area contributed by atoms with Crippen molar-refractivity contribution < 1.29 is 4.79 Å². The highest BCUT2D eigenvalue weighted by atomic mass is 16.1. The fourth-order valence-corrected chi connectivity index (χ4v) is 3.25. The highest BCUT2D eigenvalue weighted by Gasteiger charge is 2.16. The molecule has 0 atom stereocenters. The van der Waals surface area contributed by atoms with Crippen LogP contribution in [-0.2, 0) is 11.3 Å². The van der Waals surface area contributed by atoms with E-state index < -0.39 is 0 Å². The minimum atomic E-state index is -0.132. The van der Waals surface area contributed by atoms with Crippen molar-refractivity contribution in [1.29, 1.82) is 0 Å². The molecule has 1 fully saturated rings. The van der Waals surface area contributed by atoms with E-state index in [2.05, 4.69) is 10.4 Å². The van der Waals surface area contributed by atoms with Gasteiger partial charge in [0.2, 0.25) is 5.91 Å². The first-order chi connectivity index (χ1) is 12.1. The van der Waals surface area contributed by atoms with Crippen molar-refractivity contribution in [3.8, 4) is 11.3 Å². The van der Waals surface area contributed by atoms with E-state index in [1.165, 1.54) is 23.1 Å². The second-order valence-electron chi connectivity index (χ2n) is 6.80. The fraction of sp³-hybridized carbons (Fsp3) is 0.450. The smallest absolute Gasteiger partial charge is 0.266 e. The van der Waals surface area contributed by atoms with Gasteiger partial charge < -0.3 is 5.32 Å². The van der Waals surface area contributed by atoms with Crippen molar-refractivity contribution in [3.63, 3.8) is 0 Å². The van der Waals surface area contributed by atoms with E-state index in [1.807, 2.05) is 31.2 Å². The van der Waals surface area contributed by atoms with Crippen LogP contribution in [0.3, 0.4) is 0 Å². The van der Waals surface area contributed by atoms with Gasteiger partial charge in [0.25, 0.3) is 5.56 Å². The van der Waals surface area contributed by atoms with E-state index in [0.29, 0.717) is 25.4 Å². The summed E-state index contributed by atoms with van der Waals surface area (Å²) in [4.78, 5) is 24.0. The molecule has 2 aromatic rings. The molecule has 0 aliphatic heterocycles. The first kappa shape index (κ1) is 17.4. The fourth-order valence-electron chi connectivity index (χ4n) is 3.25. The Hall–Kier alpha value is -2.43. The Labute approximate surface area is 148 Å². The van der Waals surface area contributed by atoms with Crippen LogP contribution in [0, 0.1) is 6.92 Å². The molecule has 1 aliphatic rings. The Bertz CT molecular complexity index is 774. The molecule has 25 heavy (non-hydrogen) atoms. The summed E-state index contributed by atoms with van der Waals surface area (Å²) in [5.74, 6) is 0.0784. The monoisotopic (exact) mass is 339 g/mol. The van der Waals surface area contributed by atoms with E-state index in [4.69, 9.17) is 0 Å². The van der Waals surface area contributed by atoms with Gasteiger partial charge in [-0.3, -0.25) is 9.59 Å². The molecule has 3 rings (SSSR count). The number of rotatable bonds is 6. The number of carbonyl (C=O) groups is 1. The molecule has 1 N–H and O–H groups in total. The van der Waals surface area contributed by atoms with E-state index >= 15 is 0 Å². The zero-order valence-electron chi connectivity index (χ0n) is 14.7. The molecule has 0 bridgehead atoms. The van der Waals surface area contributed by atoms with Gasteiger partial charge in [0.1, 0.15) is 0 Å². The van der Waals surface area contributed by atoms with E-state index in [9.17, 15) is 9.59 Å². The van der Waals surface area contributed by atoms with Gasteiger partial charge in [-0.15, -0.1) is 0 Å². The summed E-state index contributed by atoms with van der Waals surface area (Å²) in [5.41, 5.74) is 2.81. The Morgan fingerprint density at radius 2 is 1.88 bits per heavy atom. The molecule has 0 spiro atoms. The Kier molecular flexibility index (Phi) is 5.64. The van der Waals surface area contributed by atoms with Crippen LogP contribution >= 0.6 is 0 Å². The molecule has 1 amide bonds. The predicted octanol–water partition coefficient (Wildman–Crippen LogP) is 3.06. The molecule has 0 radical (unpaired) electrons. The standard InChI is InChI=1S/C20H25N3O2/c1-15-8-10-16(11-9-15)18-12-13-20(25)23(22-18)14-4-7-19(24)21-17-5-2-3-6-17/h8-13,17H,2-7,14H2,1H3,(H,21,24). The second kappa shape index (κ2) is 8.10. The number of hydrogen-bond acceptors (Lipinski definition) is 3. The summed E-state index contributed by atoms with van der Waals surface area (Å²) >= 11 is 0. The third-order valence-corrected chi connectivity index (χ3v) is 4.71. The molecule has 1 saturated carbocycles. The van der Waals surface area contributed by atoms with Crippen LogP contribution in [0.5, 0.6) is 0 Å². The molecule has 0 unspecified atom stereocenters. The minimum absolute atomic E-state index is 0.0784. The molecule has 1 heterocycles. The Morgan fingerprint density at radius 1 is 1.16 bits per heavy atom. The third kappa shape index (κ3) is 4.78. The molecular formula is C20H25N3O2. The normalized spacial score (nSPS) is 14.6. The van der Waals surface area contributed by atoms with Gasteiger partial charge in [-0.25, -0.2) is 4.68 Å². The maximum Gasteiger partial charge on any atom is 0.266 e. The van der Waals surface area contributed by atoms with Gasteiger partial charge in [-0.2, -0.15) is 5.10 Å². The largest absolute Gasteiger partial charge is 0.353 e. The summed E-state index contributed by atoms with van der Waals surface area (Å²) in [6, 6.07) is 11.7. The van der Waals surface area contributed by atoms with Crippen molar-refractivity contribution >= 4 is 5.91 Å². The number of nitrogens with one attached hydrogen (secondary N) is 1. The number of nitrogens with zero attached hydrogens (tertiary/aromatic N) is 2. The quantitative estimate of drug-likeness (QED) is 0.880. The number of aromatic nitrogens is 2. The predicted molar refractivity (Wildman–Crippen MR) is 98.3 cm³/mol. The number of benzene rings is 1. The lowest BCUT2D eigenvalue weighted by Crippen LogP contribution is -2.32. The van der Waals surface area contributed by atoms with Crippen LogP contribution in [0.1, 0.15) is 44.1 Å². The lowest BCUT2D eigenvalue weighted by molar-refractivity contribution is -0.121. The molecule has 1 aliphatic carbocycles. The summed E-state index contributed by atoms with van der Waals surface area (Å²) in [5, 5.41) is 7.52. The molecule has 0 saturated heterocycles. The molecule has 1 aromatic heterocycles. The van der Waals surface area contributed by atoms with Gasteiger partial charge in [0, 0.05) is 30.6 Å².